The number of piperidine rings is 1. The Bertz CT molecular complexity index is 1030. The summed E-state index contributed by atoms with van der Waals surface area (Å²) in [5.41, 5.74) is 2.00. The van der Waals surface area contributed by atoms with E-state index in [-0.39, 0.29) is 16.9 Å². The molecule has 166 valence electrons. The Morgan fingerprint density at radius 2 is 1.77 bits per heavy atom. The van der Waals surface area contributed by atoms with Crippen LogP contribution in [0.15, 0.2) is 53.4 Å². The highest BCUT2D eigenvalue weighted by atomic mass is 32.2. The van der Waals surface area contributed by atoms with Crippen molar-refractivity contribution in [3.05, 3.63) is 65.2 Å². The van der Waals surface area contributed by atoms with Gasteiger partial charge < -0.3 is 10.4 Å². The van der Waals surface area contributed by atoms with Crippen LogP contribution in [0.1, 0.15) is 53.7 Å². The molecule has 3 rings (SSSR count). The maximum absolute atomic E-state index is 12.9. The number of carbonyl (C=O) groups is 2. The highest BCUT2D eigenvalue weighted by molar-refractivity contribution is 7.89. The fourth-order valence-electron chi connectivity index (χ4n) is 3.76. The zero-order valence-corrected chi connectivity index (χ0v) is 18.6. The Morgan fingerprint density at radius 1 is 1.13 bits per heavy atom. The Hall–Kier alpha value is -2.71. The molecule has 0 saturated carbocycles. The Balaban J connectivity index is 1.75. The van der Waals surface area contributed by atoms with Gasteiger partial charge in [-0.3, -0.25) is 9.59 Å². The zero-order valence-electron chi connectivity index (χ0n) is 17.7. The van der Waals surface area contributed by atoms with Crippen LogP contribution >= 0.6 is 0 Å². The van der Waals surface area contributed by atoms with Crippen LogP contribution in [0.25, 0.3) is 0 Å². The largest absolute Gasteiger partial charge is 0.481 e. The van der Waals surface area contributed by atoms with Gasteiger partial charge in [0.1, 0.15) is 0 Å². The second kappa shape index (κ2) is 9.62. The molecule has 31 heavy (non-hydrogen) atoms. The average molecular weight is 445 g/mol. The molecule has 1 amide bonds. The van der Waals surface area contributed by atoms with E-state index in [9.17, 15) is 23.1 Å². The molecule has 2 N–H and O–H groups in total. The molecule has 1 heterocycles. The molecule has 0 unspecified atom stereocenters. The molecule has 0 bridgehead atoms. The smallest absolute Gasteiger partial charge is 0.305 e. The second-order valence-corrected chi connectivity index (χ2v) is 10.1. The van der Waals surface area contributed by atoms with E-state index < -0.39 is 27.9 Å². The van der Waals surface area contributed by atoms with Gasteiger partial charge in [0.25, 0.3) is 5.91 Å². The fourth-order valence-corrected chi connectivity index (χ4v) is 5.36. The maximum atomic E-state index is 12.9. The molecule has 0 aromatic heterocycles. The van der Waals surface area contributed by atoms with E-state index >= 15 is 0 Å². The first-order chi connectivity index (χ1) is 14.7. The molecular weight excluding hydrogens is 416 g/mol. The van der Waals surface area contributed by atoms with Gasteiger partial charge in [0.15, 0.2) is 0 Å². The van der Waals surface area contributed by atoms with Crippen molar-refractivity contribution in [3.63, 3.8) is 0 Å². The molecule has 0 aliphatic carbocycles. The molecule has 8 heteroatoms. The van der Waals surface area contributed by atoms with E-state index in [1.54, 1.807) is 12.1 Å². The van der Waals surface area contributed by atoms with Crippen molar-refractivity contribution >= 4 is 21.9 Å². The van der Waals surface area contributed by atoms with Crippen LogP contribution < -0.4 is 5.32 Å². The van der Waals surface area contributed by atoms with Gasteiger partial charge in [-0.15, -0.1) is 0 Å². The first kappa shape index (κ1) is 23.0. The van der Waals surface area contributed by atoms with Gasteiger partial charge in [0.05, 0.1) is 17.4 Å². The molecule has 1 fully saturated rings. The maximum Gasteiger partial charge on any atom is 0.305 e. The lowest BCUT2D eigenvalue weighted by Gasteiger charge is -2.30. The number of sulfonamides is 1. The van der Waals surface area contributed by atoms with Crippen molar-refractivity contribution in [1.29, 1.82) is 0 Å². The van der Waals surface area contributed by atoms with E-state index in [0.717, 1.165) is 18.4 Å². The van der Waals surface area contributed by atoms with Crippen molar-refractivity contribution in [2.24, 2.45) is 5.92 Å². The van der Waals surface area contributed by atoms with Crippen LogP contribution in [0.2, 0.25) is 0 Å². The Labute approximate surface area is 183 Å². The molecule has 1 aliphatic rings. The van der Waals surface area contributed by atoms with E-state index in [1.165, 1.54) is 28.6 Å². The van der Waals surface area contributed by atoms with Gasteiger partial charge in [-0.25, -0.2) is 8.42 Å². The van der Waals surface area contributed by atoms with Crippen molar-refractivity contribution in [2.75, 3.05) is 13.1 Å². The Morgan fingerprint density at radius 3 is 2.35 bits per heavy atom. The van der Waals surface area contributed by atoms with E-state index in [1.807, 2.05) is 26.0 Å². The summed E-state index contributed by atoms with van der Waals surface area (Å²) in [7, 11) is -3.60. The number of nitrogens with one attached hydrogen (secondary N) is 1. The lowest BCUT2D eigenvalue weighted by Crippen LogP contribution is -2.39. The number of nitrogens with zero attached hydrogens (tertiary/aromatic N) is 1. The second-order valence-electron chi connectivity index (χ2n) is 8.17. The van der Waals surface area contributed by atoms with Gasteiger partial charge in [-0.2, -0.15) is 4.31 Å². The van der Waals surface area contributed by atoms with Gasteiger partial charge in [-0.1, -0.05) is 36.8 Å². The number of carboxylic acid groups (broad SMARTS) is 1. The summed E-state index contributed by atoms with van der Waals surface area (Å²) >= 11 is 0. The summed E-state index contributed by atoms with van der Waals surface area (Å²) in [6, 6.07) is 12.4. The van der Waals surface area contributed by atoms with Crippen LogP contribution in [0.3, 0.4) is 0 Å². The van der Waals surface area contributed by atoms with Crippen LogP contribution in [0.4, 0.5) is 0 Å². The quantitative estimate of drug-likeness (QED) is 0.682. The number of rotatable bonds is 7. The fraction of sp³-hybridized carbons (Fsp3) is 0.391. The standard InChI is InChI=1S/C23H28N2O5S/c1-16-5-7-18(8-6-16)21(14-22(26)27)24-23(28)19-9-11-20(12-10-19)31(29,30)25-13-3-4-17(2)15-25/h5-12,17,21H,3-4,13-15H2,1-2H3,(H,24,28)(H,26,27)/t17-,21-/m0/s1. The molecular formula is C23H28N2O5S. The molecule has 0 radical (unpaired) electrons. The molecule has 7 nitrogen and oxygen atoms in total. The first-order valence-corrected chi connectivity index (χ1v) is 11.8. The third-order valence-electron chi connectivity index (χ3n) is 5.54. The normalized spacial score (nSPS) is 18.3. The SMILES string of the molecule is Cc1ccc([C@H](CC(=O)O)NC(=O)c2ccc(S(=O)(=O)N3CCC[C@H](C)C3)cc2)cc1. The minimum absolute atomic E-state index is 0.152. The van der Waals surface area contributed by atoms with Crippen molar-refractivity contribution in [1.82, 2.24) is 9.62 Å². The summed E-state index contributed by atoms with van der Waals surface area (Å²) in [6.07, 6.45) is 1.60. The topological polar surface area (TPSA) is 104 Å². The molecule has 1 aliphatic heterocycles. The Kier molecular flexibility index (Phi) is 7.12. The zero-order chi connectivity index (χ0) is 22.6. The summed E-state index contributed by atoms with van der Waals surface area (Å²) in [5, 5.41) is 12.0. The number of hydrogen-bond donors (Lipinski definition) is 2. The van der Waals surface area contributed by atoms with Crippen LogP contribution in [0.5, 0.6) is 0 Å². The number of hydrogen-bond acceptors (Lipinski definition) is 4. The lowest BCUT2D eigenvalue weighted by atomic mass is 10.0. The van der Waals surface area contributed by atoms with E-state index in [2.05, 4.69) is 5.32 Å². The third-order valence-corrected chi connectivity index (χ3v) is 7.42. The van der Waals surface area contributed by atoms with Crippen LogP contribution in [-0.2, 0) is 14.8 Å². The predicted octanol–water partition coefficient (Wildman–Crippen LogP) is 3.36. The summed E-state index contributed by atoms with van der Waals surface area (Å²) in [5.74, 6) is -1.16. The van der Waals surface area contributed by atoms with Crippen molar-refractivity contribution in [2.45, 2.75) is 44.0 Å². The summed E-state index contributed by atoms with van der Waals surface area (Å²) in [6.45, 7) is 4.96. The van der Waals surface area contributed by atoms with Crippen LogP contribution in [0, 0.1) is 12.8 Å². The summed E-state index contributed by atoms with van der Waals surface area (Å²) in [4.78, 5) is 24.1. The molecule has 2 aromatic rings. The predicted molar refractivity (Wildman–Crippen MR) is 117 cm³/mol. The highest BCUT2D eigenvalue weighted by Crippen LogP contribution is 2.24. The van der Waals surface area contributed by atoms with Crippen molar-refractivity contribution < 1.29 is 23.1 Å². The number of carboxylic acids is 1. The third kappa shape index (κ3) is 5.71. The van der Waals surface area contributed by atoms with Gasteiger partial charge in [-0.05, 0) is 55.5 Å². The minimum Gasteiger partial charge on any atom is -0.481 e. The molecule has 2 atom stereocenters. The van der Waals surface area contributed by atoms with Gasteiger partial charge in [0, 0.05) is 18.7 Å². The number of aliphatic carboxylic acids is 1. The number of benzene rings is 2. The number of carbonyl (C=O) groups excluding carboxylic acids is 1. The molecule has 2 aromatic carbocycles. The molecule has 1 saturated heterocycles. The average Bonchev–Trinajstić information content (AvgIpc) is 2.73. The van der Waals surface area contributed by atoms with Crippen molar-refractivity contribution in [3.8, 4) is 0 Å². The molecule has 0 spiro atoms. The van der Waals surface area contributed by atoms with Gasteiger partial charge in [0.2, 0.25) is 10.0 Å². The van der Waals surface area contributed by atoms with E-state index in [4.69, 9.17) is 0 Å². The van der Waals surface area contributed by atoms with Gasteiger partial charge >= 0.3 is 5.97 Å². The summed E-state index contributed by atoms with van der Waals surface area (Å²) < 4.78 is 27.3. The number of aryl methyl sites for hydroxylation is 1. The lowest BCUT2D eigenvalue weighted by molar-refractivity contribution is -0.137. The minimum atomic E-state index is -3.60. The highest BCUT2D eigenvalue weighted by Gasteiger charge is 2.28. The monoisotopic (exact) mass is 444 g/mol. The number of amides is 1. The first-order valence-electron chi connectivity index (χ1n) is 10.4. The van der Waals surface area contributed by atoms with E-state index in [0.29, 0.717) is 24.6 Å². The van der Waals surface area contributed by atoms with Crippen LogP contribution in [-0.4, -0.2) is 42.8 Å².